The van der Waals surface area contributed by atoms with E-state index >= 15 is 0 Å². The fraction of sp³-hybridized carbons (Fsp3) is 0.500. The molecule has 19 heavy (non-hydrogen) atoms. The Morgan fingerprint density at radius 2 is 2.11 bits per heavy atom. The van der Waals surface area contributed by atoms with Crippen LogP contribution in [-0.2, 0) is 13.1 Å². The number of benzene rings is 1. The molecule has 1 aliphatic carbocycles. The third kappa shape index (κ3) is 2.53. The maximum absolute atomic E-state index is 5.97. The van der Waals surface area contributed by atoms with Crippen LogP contribution in [0.5, 0.6) is 0 Å². The van der Waals surface area contributed by atoms with Crippen molar-refractivity contribution in [1.82, 2.24) is 4.90 Å². The highest BCUT2D eigenvalue weighted by atomic mass is 16.3. The maximum atomic E-state index is 5.97. The Hall–Kier alpha value is -1.32. The smallest absolute Gasteiger partial charge is 0.134 e. The van der Waals surface area contributed by atoms with E-state index in [0.717, 1.165) is 34.8 Å². The van der Waals surface area contributed by atoms with E-state index in [2.05, 4.69) is 18.0 Å². The minimum Gasteiger partial charge on any atom is -0.459 e. The average molecular weight is 258 g/mol. The summed E-state index contributed by atoms with van der Waals surface area (Å²) in [4.78, 5) is 2.36. The van der Waals surface area contributed by atoms with Crippen molar-refractivity contribution >= 4 is 11.0 Å². The van der Waals surface area contributed by atoms with Gasteiger partial charge in [0.05, 0.1) is 6.54 Å². The van der Waals surface area contributed by atoms with Gasteiger partial charge in [0.25, 0.3) is 0 Å². The van der Waals surface area contributed by atoms with Crippen molar-refractivity contribution in [3.05, 3.63) is 35.6 Å². The van der Waals surface area contributed by atoms with Crippen molar-refractivity contribution in [1.29, 1.82) is 0 Å². The number of hydrogen-bond acceptors (Lipinski definition) is 3. The second-order valence-electron chi connectivity index (χ2n) is 5.70. The molecule has 1 aromatic heterocycles. The topological polar surface area (TPSA) is 42.4 Å². The Bertz CT molecular complexity index is 557. The zero-order valence-corrected chi connectivity index (χ0v) is 11.6. The molecule has 0 saturated heterocycles. The van der Waals surface area contributed by atoms with Crippen LogP contribution in [0.4, 0.5) is 0 Å². The first-order valence-electron chi connectivity index (χ1n) is 7.16. The van der Waals surface area contributed by atoms with Gasteiger partial charge in [-0.25, -0.2) is 0 Å². The summed E-state index contributed by atoms with van der Waals surface area (Å²) in [6.07, 6.45) is 4.17. The number of para-hydroxylation sites is 1. The Morgan fingerprint density at radius 1 is 1.32 bits per heavy atom. The van der Waals surface area contributed by atoms with Crippen LogP contribution in [0.25, 0.3) is 11.0 Å². The molecule has 0 aliphatic heterocycles. The minimum absolute atomic E-state index is 0.545. The molecule has 102 valence electrons. The zero-order valence-electron chi connectivity index (χ0n) is 11.6. The summed E-state index contributed by atoms with van der Waals surface area (Å²) >= 11 is 0. The Labute approximate surface area is 114 Å². The molecule has 1 fully saturated rings. The molecule has 3 nitrogen and oxygen atoms in total. The predicted octanol–water partition coefficient (Wildman–Crippen LogP) is 3.12. The molecule has 3 rings (SSSR count). The number of nitrogens with zero attached hydrogens (tertiary/aromatic N) is 1. The number of fused-ring (bicyclic) bond motifs is 1. The van der Waals surface area contributed by atoms with Crippen molar-refractivity contribution in [3.8, 4) is 0 Å². The number of rotatable bonds is 5. The van der Waals surface area contributed by atoms with E-state index in [0.29, 0.717) is 6.54 Å². The van der Waals surface area contributed by atoms with Crippen molar-refractivity contribution in [2.75, 3.05) is 13.6 Å². The van der Waals surface area contributed by atoms with Gasteiger partial charge < -0.3 is 10.2 Å². The van der Waals surface area contributed by atoms with E-state index < -0.39 is 0 Å². The lowest BCUT2D eigenvalue weighted by Crippen LogP contribution is -2.29. The normalized spacial score (nSPS) is 16.2. The zero-order chi connectivity index (χ0) is 13.2. The molecular weight excluding hydrogens is 236 g/mol. The highest BCUT2D eigenvalue weighted by Crippen LogP contribution is 2.29. The molecular formula is C16H22N2O. The van der Waals surface area contributed by atoms with Crippen LogP contribution in [0.1, 0.15) is 30.6 Å². The van der Waals surface area contributed by atoms with E-state index in [1.807, 2.05) is 18.2 Å². The monoisotopic (exact) mass is 258 g/mol. The van der Waals surface area contributed by atoms with E-state index in [-0.39, 0.29) is 0 Å². The number of furan rings is 1. The van der Waals surface area contributed by atoms with Gasteiger partial charge in [-0.2, -0.15) is 0 Å². The van der Waals surface area contributed by atoms with Gasteiger partial charge in [0.1, 0.15) is 11.3 Å². The van der Waals surface area contributed by atoms with Crippen molar-refractivity contribution in [2.24, 2.45) is 11.7 Å². The molecule has 1 saturated carbocycles. The fourth-order valence-electron chi connectivity index (χ4n) is 2.93. The van der Waals surface area contributed by atoms with E-state index in [1.165, 1.54) is 25.8 Å². The SMILES string of the molecule is CN(Cc1oc2ccccc2c1CN)CC1CCC1. The molecule has 3 heteroatoms. The fourth-order valence-corrected chi connectivity index (χ4v) is 2.93. The third-order valence-electron chi connectivity index (χ3n) is 4.19. The Kier molecular flexibility index (Phi) is 3.58. The van der Waals surface area contributed by atoms with Crippen LogP contribution >= 0.6 is 0 Å². The van der Waals surface area contributed by atoms with E-state index in [9.17, 15) is 0 Å². The molecule has 0 bridgehead atoms. The van der Waals surface area contributed by atoms with Gasteiger partial charge in [-0.05, 0) is 31.9 Å². The van der Waals surface area contributed by atoms with Crippen LogP contribution in [-0.4, -0.2) is 18.5 Å². The molecule has 0 spiro atoms. The number of hydrogen-bond donors (Lipinski definition) is 1. The highest BCUT2D eigenvalue weighted by molar-refractivity contribution is 5.82. The minimum atomic E-state index is 0.545. The van der Waals surface area contributed by atoms with Crippen LogP contribution in [0.15, 0.2) is 28.7 Å². The van der Waals surface area contributed by atoms with E-state index in [1.54, 1.807) is 0 Å². The molecule has 0 amide bonds. The first kappa shape index (κ1) is 12.7. The molecule has 1 aromatic carbocycles. The summed E-state index contributed by atoms with van der Waals surface area (Å²) in [7, 11) is 2.17. The van der Waals surface area contributed by atoms with Crippen molar-refractivity contribution < 1.29 is 4.42 Å². The van der Waals surface area contributed by atoms with Gasteiger partial charge in [0, 0.05) is 24.0 Å². The van der Waals surface area contributed by atoms with Gasteiger partial charge in [-0.3, -0.25) is 4.90 Å². The third-order valence-corrected chi connectivity index (χ3v) is 4.19. The molecule has 0 unspecified atom stereocenters. The predicted molar refractivity (Wildman–Crippen MR) is 77.8 cm³/mol. The first-order valence-corrected chi connectivity index (χ1v) is 7.16. The first-order chi connectivity index (χ1) is 9.28. The van der Waals surface area contributed by atoms with E-state index in [4.69, 9.17) is 10.2 Å². The highest BCUT2D eigenvalue weighted by Gasteiger charge is 2.20. The Balaban J connectivity index is 1.79. The second kappa shape index (κ2) is 5.35. The molecule has 2 N–H and O–H groups in total. The molecule has 1 heterocycles. The molecule has 1 aliphatic rings. The van der Waals surface area contributed by atoms with Gasteiger partial charge >= 0.3 is 0 Å². The standard InChI is InChI=1S/C16H22N2O/c1-18(10-12-5-4-6-12)11-16-14(9-17)13-7-2-3-8-15(13)19-16/h2-3,7-8,12H,4-6,9-11,17H2,1H3. The van der Waals surface area contributed by atoms with Gasteiger partial charge in [0.15, 0.2) is 0 Å². The summed E-state index contributed by atoms with van der Waals surface area (Å²) in [5, 5.41) is 1.16. The van der Waals surface area contributed by atoms with Gasteiger partial charge in [-0.1, -0.05) is 24.6 Å². The molecule has 0 atom stereocenters. The summed E-state index contributed by atoms with van der Waals surface area (Å²) < 4.78 is 5.97. The van der Waals surface area contributed by atoms with Crippen molar-refractivity contribution in [2.45, 2.75) is 32.4 Å². The van der Waals surface area contributed by atoms with Crippen LogP contribution in [0.3, 0.4) is 0 Å². The van der Waals surface area contributed by atoms with Crippen LogP contribution in [0.2, 0.25) is 0 Å². The second-order valence-corrected chi connectivity index (χ2v) is 5.70. The number of nitrogens with two attached hydrogens (primary N) is 1. The molecule has 0 radical (unpaired) electrons. The maximum Gasteiger partial charge on any atom is 0.134 e. The lowest BCUT2D eigenvalue weighted by Gasteiger charge is -2.29. The van der Waals surface area contributed by atoms with Crippen LogP contribution < -0.4 is 5.73 Å². The summed E-state index contributed by atoms with van der Waals surface area (Å²) in [6.45, 7) is 2.57. The molecule has 2 aromatic rings. The van der Waals surface area contributed by atoms with Gasteiger partial charge in [0.2, 0.25) is 0 Å². The largest absolute Gasteiger partial charge is 0.459 e. The quantitative estimate of drug-likeness (QED) is 0.896. The van der Waals surface area contributed by atoms with Crippen LogP contribution in [0, 0.1) is 5.92 Å². The Morgan fingerprint density at radius 3 is 2.79 bits per heavy atom. The summed E-state index contributed by atoms with van der Waals surface area (Å²) in [5.74, 6) is 1.92. The van der Waals surface area contributed by atoms with Crippen molar-refractivity contribution in [3.63, 3.8) is 0 Å². The average Bonchev–Trinajstić information content (AvgIpc) is 2.71. The summed E-state index contributed by atoms with van der Waals surface area (Å²) in [5.41, 5.74) is 8.01. The van der Waals surface area contributed by atoms with Gasteiger partial charge in [-0.15, -0.1) is 0 Å². The summed E-state index contributed by atoms with van der Waals surface area (Å²) in [6, 6.07) is 8.16. The lowest BCUT2D eigenvalue weighted by atomic mass is 9.85. The lowest BCUT2D eigenvalue weighted by molar-refractivity contribution is 0.191.